The summed E-state index contributed by atoms with van der Waals surface area (Å²) in [5, 5.41) is 6.97. The maximum absolute atomic E-state index is 11.6. The minimum Gasteiger partial charge on any atom is -0.495 e. The summed E-state index contributed by atoms with van der Waals surface area (Å²) in [6, 6.07) is 7.14. The lowest BCUT2D eigenvalue weighted by Gasteiger charge is -2.03. The zero-order valence-corrected chi connectivity index (χ0v) is 16.4. The fraction of sp³-hybridized carbons (Fsp3) is 0.118. The van der Waals surface area contributed by atoms with Gasteiger partial charge in [0.05, 0.1) is 44.7 Å². The lowest BCUT2D eigenvalue weighted by atomic mass is 10.3. The van der Waals surface area contributed by atoms with Crippen molar-refractivity contribution < 1.29 is 9.53 Å². The van der Waals surface area contributed by atoms with E-state index in [0.717, 1.165) is 32.7 Å². The molecule has 0 saturated carbocycles. The quantitative estimate of drug-likeness (QED) is 0.365. The van der Waals surface area contributed by atoms with Crippen molar-refractivity contribution in [2.45, 2.75) is 6.92 Å². The van der Waals surface area contributed by atoms with Gasteiger partial charge in [-0.05, 0) is 31.2 Å². The number of hydrogen-bond donors (Lipinski definition) is 2. The van der Waals surface area contributed by atoms with Gasteiger partial charge in [-0.2, -0.15) is 0 Å². The number of thiophene rings is 1. The Bertz CT molecular complexity index is 1180. The Labute approximate surface area is 167 Å². The number of fused-ring (bicyclic) bond motifs is 1. The zero-order valence-electron chi connectivity index (χ0n) is 14.8. The molecule has 1 amide bonds. The highest BCUT2D eigenvalue weighted by Crippen LogP contribution is 2.35. The van der Waals surface area contributed by atoms with E-state index in [0.29, 0.717) is 10.0 Å². The molecule has 0 atom stereocenters. The van der Waals surface area contributed by atoms with Crippen LogP contribution in [-0.4, -0.2) is 27.4 Å². The van der Waals surface area contributed by atoms with Gasteiger partial charge in [0.25, 0.3) is 5.91 Å². The van der Waals surface area contributed by atoms with Crippen molar-refractivity contribution in [1.29, 1.82) is 0 Å². The van der Waals surface area contributed by atoms with E-state index in [4.69, 9.17) is 4.74 Å². The summed E-state index contributed by atoms with van der Waals surface area (Å²) in [4.78, 5) is 32.1. The molecule has 4 aromatic heterocycles. The largest absolute Gasteiger partial charge is 0.495 e. The van der Waals surface area contributed by atoms with Gasteiger partial charge in [-0.1, -0.05) is 11.3 Å². The summed E-state index contributed by atoms with van der Waals surface area (Å²) < 4.78 is 7.29. The molecule has 0 aliphatic carbocycles. The van der Waals surface area contributed by atoms with E-state index in [9.17, 15) is 9.70 Å². The first-order chi connectivity index (χ1) is 13.6. The number of hydrogen-bond acceptors (Lipinski definition) is 9. The Balaban J connectivity index is 1.62. The first kappa shape index (κ1) is 18.1. The van der Waals surface area contributed by atoms with E-state index in [2.05, 4.69) is 20.6 Å². The highest BCUT2D eigenvalue weighted by molar-refractivity contribution is 7.20. The second-order valence-electron chi connectivity index (χ2n) is 5.69. The van der Waals surface area contributed by atoms with Crippen LogP contribution in [0, 0.1) is 11.8 Å². The summed E-state index contributed by atoms with van der Waals surface area (Å²) >= 11 is 2.67. The summed E-state index contributed by atoms with van der Waals surface area (Å²) in [5.74, 6) is 0.200. The van der Waals surface area contributed by atoms with Crippen LogP contribution >= 0.6 is 22.7 Å². The number of imidazole rings is 1. The molecule has 0 aliphatic rings. The van der Waals surface area contributed by atoms with E-state index in [1.807, 2.05) is 35.1 Å². The summed E-state index contributed by atoms with van der Waals surface area (Å²) in [6.07, 6.45) is 3.67. The van der Waals surface area contributed by atoms with Crippen LogP contribution in [0.15, 0.2) is 41.9 Å². The lowest BCUT2D eigenvalue weighted by Crippen LogP contribution is -2.14. The predicted molar refractivity (Wildman–Crippen MR) is 108 cm³/mol. The van der Waals surface area contributed by atoms with E-state index < -0.39 is 5.91 Å². The standard InChI is InChI=1S/C17H14N6O3S2/c1-9-15(23-8-10(26-2)3-5-13(23)19-9)12-7-18-17(28-12)20-14-6-4-11(27-14)16(24)21-22-25/h3-8H,1-2H3,(H,18,20)(H,21,24,25). The Kier molecular flexibility index (Phi) is 4.75. The van der Waals surface area contributed by atoms with E-state index in [1.165, 1.54) is 22.7 Å². The van der Waals surface area contributed by atoms with E-state index in [-0.39, 0.29) is 0 Å². The van der Waals surface area contributed by atoms with Gasteiger partial charge in [0.1, 0.15) is 11.4 Å². The first-order valence-electron chi connectivity index (χ1n) is 8.07. The molecule has 0 aliphatic heterocycles. The van der Waals surface area contributed by atoms with Gasteiger partial charge in [0, 0.05) is 6.20 Å². The lowest BCUT2D eigenvalue weighted by molar-refractivity contribution is 0.0958. The molecule has 4 rings (SSSR count). The fourth-order valence-corrected chi connectivity index (χ4v) is 4.51. The number of methoxy groups -OCH3 is 1. The van der Waals surface area contributed by atoms with Gasteiger partial charge < -0.3 is 10.1 Å². The smallest absolute Gasteiger partial charge is 0.284 e. The van der Waals surface area contributed by atoms with Crippen LogP contribution < -0.4 is 15.5 Å². The highest BCUT2D eigenvalue weighted by atomic mass is 32.1. The van der Waals surface area contributed by atoms with Crippen molar-refractivity contribution in [2.24, 2.45) is 5.29 Å². The van der Waals surface area contributed by atoms with Crippen LogP contribution in [0.4, 0.5) is 10.1 Å². The number of carbonyl (C=O) groups is 1. The van der Waals surface area contributed by atoms with Gasteiger partial charge in [-0.25, -0.2) is 15.4 Å². The molecule has 0 unspecified atom stereocenters. The average Bonchev–Trinajstić information content (AvgIpc) is 3.40. The van der Waals surface area contributed by atoms with Crippen LogP contribution in [0.3, 0.4) is 0 Å². The molecule has 9 nitrogen and oxygen atoms in total. The van der Waals surface area contributed by atoms with Crippen LogP contribution in [0.2, 0.25) is 0 Å². The molecule has 4 aromatic rings. The summed E-state index contributed by atoms with van der Waals surface area (Å²) in [6.45, 7) is 1.95. The normalized spacial score (nSPS) is 10.8. The second kappa shape index (κ2) is 7.37. The maximum atomic E-state index is 11.6. The van der Waals surface area contributed by atoms with Crippen LogP contribution in [0.25, 0.3) is 16.2 Å². The molecular formula is C17H14N6O3S2. The number of nitrogens with zero attached hydrogens (tertiary/aromatic N) is 4. The van der Waals surface area contributed by atoms with Gasteiger partial charge in [-0.3, -0.25) is 9.20 Å². The van der Waals surface area contributed by atoms with Crippen molar-refractivity contribution >= 4 is 44.4 Å². The highest BCUT2D eigenvalue weighted by Gasteiger charge is 2.16. The fourth-order valence-electron chi connectivity index (χ4n) is 2.73. The molecule has 0 spiro atoms. The third-order valence-corrected chi connectivity index (χ3v) is 5.87. The number of rotatable bonds is 6. The van der Waals surface area contributed by atoms with Crippen LogP contribution in [-0.2, 0) is 0 Å². The molecule has 0 fully saturated rings. The second-order valence-corrected chi connectivity index (χ2v) is 7.81. The maximum Gasteiger partial charge on any atom is 0.284 e. The number of anilines is 2. The monoisotopic (exact) mass is 414 g/mol. The minimum atomic E-state index is -0.539. The van der Waals surface area contributed by atoms with Crippen molar-refractivity contribution in [1.82, 2.24) is 19.8 Å². The van der Waals surface area contributed by atoms with Gasteiger partial charge in [0.15, 0.2) is 5.13 Å². The molecule has 0 aromatic carbocycles. The number of thiazole rings is 1. The molecule has 2 N–H and O–H groups in total. The number of aromatic nitrogens is 3. The molecule has 142 valence electrons. The number of nitrogens with one attached hydrogen (secondary N) is 2. The average molecular weight is 414 g/mol. The summed E-state index contributed by atoms with van der Waals surface area (Å²) in [5.41, 5.74) is 4.54. The van der Waals surface area contributed by atoms with Gasteiger partial charge >= 0.3 is 0 Å². The first-order valence-corrected chi connectivity index (χ1v) is 9.71. The molecule has 28 heavy (non-hydrogen) atoms. The molecule has 0 bridgehead atoms. The third-order valence-electron chi connectivity index (χ3n) is 3.95. The number of amides is 1. The van der Waals surface area contributed by atoms with Crippen LogP contribution in [0.1, 0.15) is 15.4 Å². The SMILES string of the molecule is COc1ccc2nc(C)c(-c3cnc(Nc4ccc(C(=O)NN=O)s4)s3)n2c1. The van der Waals surface area contributed by atoms with Crippen molar-refractivity contribution in [3.8, 4) is 16.3 Å². The Morgan fingerprint density at radius 2 is 2.11 bits per heavy atom. The van der Waals surface area contributed by atoms with Crippen molar-refractivity contribution in [3.05, 3.63) is 52.1 Å². The van der Waals surface area contributed by atoms with E-state index in [1.54, 1.807) is 25.4 Å². The number of pyridine rings is 1. The molecule has 0 saturated heterocycles. The van der Waals surface area contributed by atoms with Gasteiger partial charge in [0.2, 0.25) is 0 Å². The number of aryl methyl sites for hydroxylation is 1. The third kappa shape index (κ3) is 3.32. The van der Waals surface area contributed by atoms with Gasteiger partial charge in [-0.15, -0.1) is 16.2 Å². The summed E-state index contributed by atoms with van der Waals surface area (Å²) in [7, 11) is 1.63. The van der Waals surface area contributed by atoms with Crippen molar-refractivity contribution in [2.75, 3.05) is 12.4 Å². The topological polar surface area (TPSA) is 110 Å². The predicted octanol–water partition coefficient (Wildman–Crippen LogP) is 3.99. The minimum absolute atomic E-state index is 0.378. The molecule has 0 radical (unpaired) electrons. The Morgan fingerprint density at radius 3 is 2.89 bits per heavy atom. The zero-order chi connectivity index (χ0) is 19.7. The van der Waals surface area contributed by atoms with E-state index >= 15 is 0 Å². The van der Waals surface area contributed by atoms with Crippen molar-refractivity contribution in [3.63, 3.8) is 0 Å². The number of ether oxygens (including phenoxy) is 1. The Hall–Kier alpha value is -3.31. The number of nitroso groups, excluding NO2 is 1. The number of carbonyl (C=O) groups excluding carboxylic acids is 1. The molecule has 11 heteroatoms. The molecular weight excluding hydrogens is 400 g/mol. The van der Waals surface area contributed by atoms with Crippen LogP contribution in [0.5, 0.6) is 5.75 Å². The molecule has 4 heterocycles. The Morgan fingerprint density at radius 1 is 1.25 bits per heavy atom.